The number of aliphatic carboxylic acids is 1. The molecular formula is C21H26BrN3O7. The first-order valence-electron chi connectivity index (χ1n) is 10.0. The number of benzene rings is 1. The van der Waals surface area contributed by atoms with Crippen molar-refractivity contribution in [3.05, 3.63) is 35.9 Å². The minimum atomic E-state index is -1.22. The molecule has 1 aromatic rings. The maximum Gasteiger partial charge on any atom is 0.408 e. The van der Waals surface area contributed by atoms with Gasteiger partial charge in [0.25, 0.3) is 5.91 Å². The van der Waals surface area contributed by atoms with E-state index in [1.807, 2.05) is 44.2 Å². The van der Waals surface area contributed by atoms with E-state index in [2.05, 4.69) is 31.7 Å². The number of carbonyl (C=O) groups is 4. The van der Waals surface area contributed by atoms with Crippen LogP contribution in [0.25, 0.3) is 0 Å². The lowest BCUT2D eigenvalue weighted by molar-refractivity contribution is -0.141. The summed E-state index contributed by atoms with van der Waals surface area (Å²) in [6, 6.07) is 7.51. The number of nitrogens with one attached hydrogen (secondary N) is 2. The van der Waals surface area contributed by atoms with Gasteiger partial charge in [-0.25, -0.2) is 4.79 Å². The van der Waals surface area contributed by atoms with Crippen LogP contribution in [-0.2, 0) is 30.6 Å². The van der Waals surface area contributed by atoms with Crippen LogP contribution in [0.15, 0.2) is 35.5 Å². The van der Waals surface area contributed by atoms with E-state index < -0.39 is 48.4 Å². The fourth-order valence-corrected chi connectivity index (χ4v) is 3.42. The molecule has 11 heteroatoms. The largest absolute Gasteiger partial charge is 0.481 e. The smallest absolute Gasteiger partial charge is 0.408 e. The number of ketones is 1. The highest BCUT2D eigenvalue weighted by Crippen LogP contribution is 2.18. The summed E-state index contributed by atoms with van der Waals surface area (Å²) in [6.45, 7) is 3.85. The van der Waals surface area contributed by atoms with Crippen molar-refractivity contribution in [1.29, 1.82) is 0 Å². The highest BCUT2D eigenvalue weighted by atomic mass is 79.9. The van der Waals surface area contributed by atoms with Crippen LogP contribution in [0.2, 0.25) is 0 Å². The molecular weight excluding hydrogens is 486 g/mol. The number of amides is 2. The molecule has 1 aromatic carbocycles. The van der Waals surface area contributed by atoms with Gasteiger partial charge in [0, 0.05) is 6.42 Å². The van der Waals surface area contributed by atoms with Crippen molar-refractivity contribution in [3.63, 3.8) is 0 Å². The van der Waals surface area contributed by atoms with Crippen LogP contribution < -0.4 is 10.6 Å². The monoisotopic (exact) mass is 511 g/mol. The molecule has 1 heterocycles. The molecule has 10 nitrogen and oxygen atoms in total. The number of oxime groups is 1. The Labute approximate surface area is 193 Å². The van der Waals surface area contributed by atoms with Gasteiger partial charge in [-0.05, 0) is 11.5 Å². The second kappa shape index (κ2) is 12.2. The second-order valence-corrected chi connectivity index (χ2v) is 8.13. The van der Waals surface area contributed by atoms with Crippen molar-refractivity contribution in [2.75, 3.05) is 5.33 Å². The van der Waals surface area contributed by atoms with Crippen molar-refractivity contribution < 1.29 is 33.9 Å². The van der Waals surface area contributed by atoms with Crippen LogP contribution in [0.4, 0.5) is 4.79 Å². The number of Topliss-reactive ketones (excluding diaryl/α,β-unsaturated/α-hetero) is 1. The Morgan fingerprint density at radius 3 is 2.50 bits per heavy atom. The molecule has 0 aromatic heterocycles. The van der Waals surface area contributed by atoms with Crippen LogP contribution in [0.5, 0.6) is 0 Å². The van der Waals surface area contributed by atoms with Crippen LogP contribution in [0.1, 0.15) is 32.3 Å². The first kappa shape index (κ1) is 25.3. The van der Waals surface area contributed by atoms with Crippen LogP contribution in [-0.4, -0.2) is 58.1 Å². The number of hydrogen-bond donors (Lipinski definition) is 3. The third-order valence-corrected chi connectivity index (χ3v) is 5.26. The average molecular weight is 512 g/mol. The molecule has 0 fully saturated rings. The number of halogens is 1. The highest BCUT2D eigenvalue weighted by molar-refractivity contribution is 9.09. The van der Waals surface area contributed by atoms with E-state index in [9.17, 15) is 19.2 Å². The molecule has 3 atom stereocenters. The summed E-state index contributed by atoms with van der Waals surface area (Å²) in [5, 5.41) is 17.9. The molecule has 0 spiro atoms. The number of carboxylic acid groups (broad SMARTS) is 1. The van der Waals surface area contributed by atoms with Gasteiger partial charge in [-0.2, -0.15) is 0 Å². The van der Waals surface area contributed by atoms with Crippen LogP contribution in [0, 0.1) is 5.92 Å². The molecule has 1 aliphatic heterocycles. The minimum Gasteiger partial charge on any atom is -0.481 e. The number of carbonyl (C=O) groups excluding carboxylic acids is 3. The Kier molecular flexibility index (Phi) is 9.63. The number of ether oxygens (including phenoxy) is 1. The molecule has 32 heavy (non-hydrogen) atoms. The lowest BCUT2D eigenvalue weighted by atomic mass is 9.95. The van der Waals surface area contributed by atoms with Crippen molar-refractivity contribution in [2.45, 2.75) is 51.5 Å². The summed E-state index contributed by atoms with van der Waals surface area (Å²) in [5.41, 5.74) is 1.29. The Hall–Kier alpha value is -2.95. The predicted molar refractivity (Wildman–Crippen MR) is 118 cm³/mol. The molecule has 0 bridgehead atoms. The number of carboxylic acids is 1. The number of alkyl carbamates (subject to hydrolysis) is 1. The van der Waals surface area contributed by atoms with Gasteiger partial charge in [0.1, 0.15) is 6.61 Å². The highest BCUT2D eigenvalue weighted by Gasteiger charge is 2.36. The standard InChI is InChI=1S/C21H26BrN3O7/c1-12(2)19(24-21(30)31-11-13-6-4-3-5-7-13)15-8-17(32-25-15)20(29)23-14(9-18(27)28)16(26)10-22/h3-7,12,14,17,19H,8-11H2,1-2H3,(H,23,29)(H,24,30)(H,27,28)/t14-,17?,19?/m0/s1. The van der Waals surface area contributed by atoms with Gasteiger partial charge in [0.05, 0.1) is 29.5 Å². The molecule has 0 radical (unpaired) electrons. The fraction of sp³-hybridized carbons (Fsp3) is 0.476. The van der Waals surface area contributed by atoms with Gasteiger partial charge < -0.3 is 25.3 Å². The van der Waals surface area contributed by atoms with Gasteiger partial charge in [-0.3, -0.25) is 14.4 Å². The van der Waals surface area contributed by atoms with Gasteiger partial charge in [-0.1, -0.05) is 65.3 Å². The minimum absolute atomic E-state index is 0.0711. The molecule has 3 N–H and O–H groups in total. The summed E-state index contributed by atoms with van der Waals surface area (Å²) in [6.07, 6.45) is -2.13. The van der Waals surface area contributed by atoms with Gasteiger partial charge in [0.2, 0.25) is 6.10 Å². The van der Waals surface area contributed by atoms with Gasteiger partial charge in [0.15, 0.2) is 5.78 Å². The normalized spacial score (nSPS) is 17.0. The second-order valence-electron chi connectivity index (χ2n) is 7.57. The van der Waals surface area contributed by atoms with E-state index in [0.717, 1.165) is 5.56 Å². The first-order chi connectivity index (χ1) is 15.2. The Bertz CT molecular complexity index is 860. The zero-order chi connectivity index (χ0) is 23.7. The summed E-state index contributed by atoms with van der Waals surface area (Å²) in [4.78, 5) is 52.8. The van der Waals surface area contributed by atoms with Gasteiger partial charge in [-0.15, -0.1) is 0 Å². The number of nitrogens with zero attached hydrogens (tertiary/aromatic N) is 1. The maximum atomic E-state index is 12.5. The van der Waals surface area contributed by atoms with E-state index >= 15 is 0 Å². The quantitative estimate of drug-likeness (QED) is 0.385. The third-order valence-electron chi connectivity index (χ3n) is 4.71. The maximum absolute atomic E-state index is 12.5. The molecule has 174 valence electrons. The van der Waals surface area contributed by atoms with Gasteiger partial charge >= 0.3 is 12.1 Å². The van der Waals surface area contributed by atoms with E-state index in [1.54, 1.807) is 0 Å². The van der Waals surface area contributed by atoms with Crippen LogP contribution >= 0.6 is 15.9 Å². The molecule has 0 saturated heterocycles. The SMILES string of the molecule is CC(C)C(NC(=O)OCc1ccccc1)C1=NOC(C(=O)N[C@@H](CC(=O)O)C(=O)CBr)C1. The summed E-state index contributed by atoms with van der Waals surface area (Å²) in [5.74, 6) is -2.41. The van der Waals surface area contributed by atoms with Crippen molar-refractivity contribution in [2.24, 2.45) is 11.1 Å². The van der Waals surface area contributed by atoms with Crippen molar-refractivity contribution in [1.82, 2.24) is 10.6 Å². The molecule has 0 saturated carbocycles. The summed E-state index contributed by atoms with van der Waals surface area (Å²) < 4.78 is 5.25. The van der Waals surface area contributed by atoms with E-state index in [4.69, 9.17) is 14.7 Å². The fourth-order valence-electron chi connectivity index (χ4n) is 3.02. The Morgan fingerprint density at radius 1 is 1.22 bits per heavy atom. The number of alkyl halides is 1. The summed E-state index contributed by atoms with van der Waals surface area (Å²) in [7, 11) is 0. The topological polar surface area (TPSA) is 143 Å². The molecule has 2 amide bonds. The number of rotatable bonds is 11. The van der Waals surface area contributed by atoms with Crippen LogP contribution in [0.3, 0.4) is 0 Å². The third kappa shape index (κ3) is 7.63. The van der Waals surface area contributed by atoms with E-state index in [1.165, 1.54) is 0 Å². The lowest BCUT2D eigenvalue weighted by Crippen LogP contribution is -2.48. The van der Waals surface area contributed by atoms with Crippen molar-refractivity contribution >= 4 is 45.4 Å². The predicted octanol–water partition coefficient (Wildman–Crippen LogP) is 2.01. The molecule has 2 rings (SSSR count). The molecule has 2 unspecified atom stereocenters. The summed E-state index contributed by atoms with van der Waals surface area (Å²) >= 11 is 2.97. The van der Waals surface area contributed by atoms with E-state index in [-0.39, 0.29) is 24.3 Å². The number of hydrogen-bond acceptors (Lipinski definition) is 7. The molecule has 1 aliphatic rings. The zero-order valence-electron chi connectivity index (χ0n) is 17.7. The first-order valence-corrected chi connectivity index (χ1v) is 11.1. The lowest BCUT2D eigenvalue weighted by Gasteiger charge is -2.21. The van der Waals surface area contributed by atoms with E-state index in [0.29, 0.717) is 5.71 Å². The Balaban J connectivity index is 1.92. The zero-order valence-corrected chi connectivity index (χ0v) is 19.3. The average Bonchev–Trinajstić information content (AvgIpc) is 3.25. The Morgan fingerprint density at radius 2 is 1.91 bits per heavy atom. The molecule has 0 aliphatic carbocycles. The van der Waals surface area contributed by atoms with Crippen molar-refractivity contribution in [3.8, 4) is 0 Å².